The van der Waals surface area contributed by atoms with Crippen LogP contribution in [0.25, 0.3) is 0 Å². The Labute approximate surface area is 63.1 Å². The Hall–Kier alpha value is -0.330. The molecule has 10 heavy (non-hydrogen) atoms. The van der Waals surface area contributed by atoms with Gasteiger partial charge in [0.15, 0.2) is 0 Å². The number of allylic oxidation sites excluding steroid dienone is 2. The molecule has 0 nitrogen and oxygen atoms in total. The van der Waals surface area contributed by atoms with Gasteiger partial charge in [-0.15, -0.1) is 0 Å². The summed E-state index contributed by atoms with van der Waals surface area (Å²) in [5, 5.41) is 0. The van der Waals surface area contributed by atoms with E-state index in [0.29, 0.717) is 12.3 Å². The van der Waals surface area contributed by atoms with E-state index in [0.717, 1.165) is 12.8 Å². The molecule has 0 amide bonds. The Morgan fingerprint density at radius 1 is 1.50 bits per heavy atom. The van der Waals surface area contributed by atoms with E-state index >= 15 is 0 Å². The minimum Gasteiger partial charge on any atom is -0.212 e. The van der Waals surface area contributed by atoms with Gasteiger partial charge >= 0.3 is 0 Å². The van der Waals surface area contributed by atoms with Gasteiger partial charge in [0.05, 0.1) is 5.83 Å². The van der Waals surface area contributed by atoms with Crippen LogP contribution in [0.4, 0.5) is 4.39 Å². The van der Waals surface area contributed by atoms with Crippen LogP contribution in [0, 0.1) is 5.92 Å². The maximum Gasteiger partial charge on any atom is 0.0957 e. The summed E-state index contributed by atoms with van der Waals surface area (Å²) >= 11 is 0. The Balaban J connectivity index is 3.50. The summed E-state index contributed by atoms with van der Waals surface area (Å²) in [6.45, 7) is 6.10. The Morgan fingerprint density at radius 2 is 2.10 bits per heavy atom. The maximum atomic E-state index is 12.5. The van der Waals surface area contributed by atoms with Gasteiger partial charge in [-0.25, -0.2) is 4.39 Å². The highest BCUT2D eigenvalue weighted by molar-refractivity contribution is 4.90. The van der Waals surface area contributed by atoms with Gasteiger partial charge in [-0.3, -0.25) is 0 Å². The molecule has 0 aromatic rings. The molecule has 0 N–H and O–H groups in total. The standard InChI is InChI=1S/C9H17F/c1-4-8(3)6-7-9(10)5-2/h7-8H,4-6H2,1-3H3/b9-7+. The SMILES string of the molecule is CC/C(F)=C\CC(C)CC. The van der Waals surface area contributed by atoms with E-state index in [-0.39, 0.29) is 5.83 Å². The fourth-order valence-corrected chi connectivity index (χ4v) is 0.640. The number of rotatable bonds is 4. The number of hydrogen-bond acceptors (Lipinski definition) is 0. The van der Waals surface area contributed by atoms with Crippen LogP contribution in [0.5, 0.6) is 0 Å². The van der Waals surface area contributed by atoms with E-state index in [1.807, 2.05) is 6.92 Å². The van der Waals surface area contributed by atoms with Crippen molar-refractivity contribution in [2.45, 2.75) is 40.0 Å². The zero-order chi connectivity index (χ0) is 7.98. The molecule has 0 bridgehead atoms. The van der Waals surface area contributed by atoms with Gasteiger partial charge in [0.1, 0.15) is 0 Å². The summed E-state index contributed by atoms with van der Waals surface area (Å²) in [6.07, 6.45) is 4.26. The molecule has 0 saturated carbocycles. The molecular formula is C9H17F. The first-order valence-corrected chi connectivity index (χ1v) is 4.05. The highest BCUT2D eigenvalue weighted by Gasteiger charge is 1.96. The molecule has 0 aliphatic rings. The third-order valence-electron chi connectivity index (χ3n) is 1.78. The molecule has 1 heteroatoms. The molecule has 0 radical (unpaired) electrons. The maximum absolute atomic E-state index is 12.5. The number of hydrogen-bond donors (Lipinski definition) is 0. The van der Waals surface area contributed by atoms with E-state index in [1.54, 1.807) is 6.08 Å². The summed E-state index contributed by atoms with van der Waals surface area (Å²) < 4.78 is 12.5. The second-order valence-corrected chi connectivity index (χ2v) is 2.75. The van der Waals surface area contributed by atoms with E-state index in [2.05, 4.69) is 13.8 Å². The van der Waals surface area contributed by atoms with Crippen molar-refractivity contribution in [3.8, 4) is 0 Å². The lowest BCUT2D eigenvalue weighted by atomic mass is 10.0. The van der Waals surface area contributed by atoms with Crippen LogP contribution in [-0.2, 0) is 0 Å². The van der Waals surface area contributed by atoms with Crippen LogP contribution >= 0.6 is 0 Å². The predicted molar refractivity (Wildman–Crippen MR) is 43.6 cm³/mol. The highest BCUT2D eigenvalue weighted by Crippen LogP contribution is 2.11. The van der Waals surface area contributed by atoms with Crippen molar-refractivity contribution < 1.29 is 4.39 Å². The third kappa shape index (κ3) is 4.54. The van der Waals surface area contributed by atoms with Crippen molar-refractivity contribution in [2.75, 3.05) is 0 Å². The molecule has 0 aliphatic carbocycles. The lowest BCUT2D eigenvalue weighted by Crippen LogP contribution is -1.88. The summed E-state index contributed by atoms with van der Waals surface area (Å²) in [5.41, 5.74) is 0. The molecule has 0 aromatic heterocycles. The van der Waals surface area contributed by atoms with Crippen molar-refractivity contribution >= 4 is 0 Å². The first kappa shape index (κ1) is 9.67. The molecule has 0 heterocycles. The van der Waals surface area contributed by atoms with Crippen LogP contribution in [-0.4, -0.2) is 0 Å². The molecule has 0 spiro atoms. The molecule has 0 saturated heterocycles. The van der Waals surface area contributed by atoms with Gasteiger partial charge in [-0.05, 0) is 18.8 Å². The lowest BCUT2D eigenvalue weighted by molar-refractivity contribution is 0.545. The zero-order valence-corrected chi connectivity index (χ0v) is 7.15. The minimum atomic E-state index is 0.0281. The predicted octanol–water partition coefficient (Wildman–Crippen LogP) is 3.69. The minimum absolute atomic E-state index is 0.0281. The van der Waals surface area contributed by atoms with Crippen LogP contribution < -0.4 is 0 Å². The Kier molecular flexibility index (Phi) is 5.27. The monoisotopic (exact) mass is 144 g/mol. The van der Waals surface area contributed by atoms with Gasteiger partial charge in [-0.2, -0.15) is 0 Å². The first-order valence-electron chi connectivity index (χ1n) is 4.05. The van der Waals surface area contributed by atoms with Crippen molar-refractivity contribution in [3.63, 3.8) is 0 Å². The summed E-state index contributed by atoms with van der Waals surface area (Å²) in [4.78, 5) is 0. The first-order chi connectivity index (χ1) is 4.70. The molecule has 0 rings (SSSR count). The molecular weight excluding hydrogens is 127 g/mol. The Bertz CT molecular complexity index is 105. The summed E-state index contributed by atoms with van der Waals surface area (Å²) in [6, 6.07) is 0. The average molecular weight is 144 g/mol. The number of halogens is 1. The lowest BCUT2D eigenvalue weighted by Gasteiger charge is -2.02. The largest absolute Gasteiger partial charge is 0.212 e. The topological polar surface area (TPSA) is 0 Å². The van der Waals surface area contributed by atoms with Crippen molar-refractivity contribution in [1.29, 1.82) is 0 Å². The summed E-state index contributed by atoms with van der Waals surface area (Å²) in [7, 11) is 0. The molecule has 60 valence electrons. The highest BCUT2D eigenvalue weighted by atomic mass is 19.1. The molecule has 1 atom stereocenters. The van der Waals surface area contributed by atoms with Gasteiger partial charge in [0.2, 0.25) is 0 Å². The van der Waals surface area contributed by atoms with Gasteiger partial charge in [0, 0.05) is 0 Å². The third-order valence-corrected chi connectivity index (χ3v) is 1.78. The Morgan fingerprint density at radius 3 is 2.50 bits per heavy atom. The second kappa shape index (κ2) is 5.45. The molecule has 0 aliphatic heterocycles. The zero-order valence-electron chi connectivity index (χ0n) is 7.15. The van der Waals surface area contributed by atoms with Crippen molar-refractivity contribution in [3.05, 3.63) is 11.9 Å². The van der Waals surface area contributed by atoms with Crippen LogP contribution in [0.3, 0.4) is 0 Å². The van der Waals surface area contributed by atoms with Gasteiger partial charge < -0.3 is 0 Å². The van der Waals surface area contributed by atoms with E-state index < -0.39 is 0 Å². The average Bonchev–Trinajstić information content (AvgIpc) is 1.99. The van der Waals surface area contributed by atoms with Crippen molar-refractivity contribution in [2.24, 2.45) is 5.92 Å². The van der Waals surface area contributed by atoms with Crippen LogP contribution in [0.1, 0.15) is 40.0 Å². The summed E-state index contributed by atoms with van der Waals surface area (Å²) in [5.74, 6) is 0.651. The fraction of sp³-hybridized carbons (Fsp3) is 0.778. The fourth-order valence-electron chi connectivity index (χ4n) is 0.640. The second-order valence-electron chi connectivity index (χ2n) is 2.75. The van der Waals surface area contributed by atoms with E-state index in [9.17, 15) is 4.39 Å². The van der Waals surface area contributed by atoms with Gasteiger partial charge in [0.25, 0.3) is 0 Å². The van der Waals surface area contributed by atoms with Crippen molar-refractivity contribution in [1.82, 2.24) is 0 Å². The van der Waals surface area contributed by atoms with Crippen LogP contribution in [0.15, 0.2) is 11.9 Å². The normalized spacial score (nSPS) is 15.4. The molecule has 1 unspecified atom stereocenters. The molecule has 0 aromatic carbocycles. The molecule has 0 fully saturated rings. The van der Waals surface area contributed by atoms with Crippen LogP contribution in [0.2, 0.25) is 0 Å². The smallest absolute Gasteiger partial charge is 0.0957 e. The quantitative estimate of drug-likeness (QED) is 0.564. The van der Waals surface area contributed by atoms with E-state index in [1.165, 1.54) is 0 Å². The van der Waals surface area contributed by atoms with Gasteiger partial charge in [-0.1, -0.05) is 33.3 Å². The van der Waals surface area contributed by atoms with E-state index in [4.69, 9.17) is 0 Å².